The molecule has 1 N–H and O–H groups in total. The van der Waals surface area contributed by atoms with E-state index in [4.69, 9.17) is 0 Å². The molecule has 0 bridgehead atoms. The second-order valence-corrected chi connectivity index (χ2v) is 4.53. The zero-order valence-electron chi connectivity index (χ0n) is 9.84. The highest BCUT2D eigenvalue weighted by atomic mass is 15.1. The van der Waals surface area contributed by atoms with E-state index in [9.17, 15) is 0 Å². The number of benzene rings is 1. The molecule has 0 radical (unpaired) electrons. The first-order valence-electron chi connectivity index (χ1n) is 6.26. The molecule has 2 aromatic rings. The maximum Gasteiger partial charge on any atom is 0.0994 e. The third-order valence-corrected chi connectivity index (χ3v) is 3.37. The molecule has 1 aromatic carbocycles. The Hall–Kier alpha value is -1.61. The van der Waals surface area contributed by atoms with Crippen LogP contribution in [-0.2, 0) is 0 Å². The van der Waals surface area contributed by atoms with Crippen molar-refractivity contribution in [2.24, 2.45) is 0 Å². The highest BCUT2D eigenvalue weighted by molar-refractivity contribution is 5.34. The Labute approximate surface area is 101 Å². The number of aromatic nitrogens is 2. The number of hydrogen-bond donors (Lipinski definition) is 1. The van der Waals surface area contributed by atoms with Crippen molar-refractivity contribution in [2.45, 2.75) is 25.3 Å². The van der Waals surface area contributed by atoms with Crippen LogP contribution in [0.3, 0.4) is 0 Å². The fourth-order valence-electron chi connectivity index (χ4n) is 2.47. The second kappa shape index (κ2) is 4.72. The SMILES string of the molecule is c1ccc(-n2cncc2C2CCCCN2)cc1. The van der Waals surface area contributed by atoms with Crippen molar-refractivity contribution in [3.63, 3.8) is 0 Å². The van der Waals surface area contributed by atoms with Gasteiger partial charge in [-0.05, 0) is 31.5 Å². The summed E-state index contributed by atoms with van der Waals surface area (Å²) in [5.41, 5.74) is 2.46. The quantitative estimate of drug-likeness (QED) is 0.854. The van der Waals surface area contributed by atoms with Crippen LogP contribution < -0.4 is 5.32 Å². The Morgan fingerprint density at radius 3 is 2.82 bits per heavy atom. The molecule has 1 unspecified atom stereocenters. The van der Waals surface area contributed by atoms with E-state index >= 15 is 0 Å². The van der Waals surface area contributed by atoms with Gasteiger partial charge >= 0.3 is 0 Å². The molecule has 0 amide bonds. The minimum atomic E-state index is 0.450. The molecule has 0 saturated carbocycles. The number of nitrogens with zero attached hydrogens (tertiary/aromatic N) is 2. The zero-order valence-corrected chi connectivity index (χ0v) is 9.84. The topological polar surface area (TPSA) is 29.9 Å². The molecule has 1 aromatic heterocycles. The first-order chi connectivity index (χ1) is 8.45. The third-order valence-electron chi connectivity index (χ3n) is 3.37. The van der Waals surface area contributed by atoms with Crippen LogP contribution in [0, 0.1) is 0 Å². The molecule has 1 saturated heterocycles. The van der Waals surface area contributed by atoms with E-state index in [1.807, 2.05) is 18.6 Å². The Morgan fingerprint density at radius 2 is 2.06 bits per heavy atom. The first kappa shape index (κ1) is 10.5. The van der Waals surface area contributed by atoms with Crippen LogP contribution in [0.15, 0.2) is 42.9 Å². The lowest BCUT2D eigenvalue weighted by Crippen LogP contribution is -2.28. The number of hydrogen-bond acceptors (Lipinski definition) is 2. The van der Waals surface area contributed by atoms with Crippen molar-refractivity contribution >= 4 is 0 Å². The lowest BCUT2D eigenvalue weighted by molar-refractivity contribution is 0.402. The summed E-state index contributed by atoms with van der Waals surface area (Å²) in [5.74, 6) is 0. The van der Waals surface area contributed by atoms with Crippen molar-refractivity contribution in [3.8, 4) is 5.69 Å². The summed E-state index contributed by atoms with van der Waals surface area (Å²) in [4.78, 5) is 4.30. The second-order valence-electron chi connectivity index (χ2n) is 4.53. The van der Waals surface area contributed by atoms with E-state index in [-0.39, 0.29) is 0 Å². The molecular formula is C14H17N3. The van der Waals surface area contributed by atoms with Gasteiger partial charge in [-0.3, -0.25) is 0 Å². The van der Waals surface area contributed by atoms with Crippen molar-refractivity contribution in [1.82, 2.24) is 14.9 Å². The molecule has 3 rings (SSSR count). The highest BCUT2D eigenvalue weighted by Crippen LogP contribution is 2.24. The van der Waals surface area contributed by atoms with Crippen LogP contribution in [0.25, 0.3) is 5.69 Å². The van der Waals surface area contributed by atoms with Gasteiger partial charge in [0.1, 0.15) is 0 Å². The van der Waals surface area contributed by atoms with Gasteiger partial charge in [-0.15, -0.1) is 0 Å². The molecule has 2 heterocycles. The largest absolute Gasteiger partial charge is 0.309 e. The molecule has 1 aliphatic rings. The van der Waals surface area contributed by atoms with Gasteiger partial charge in [-0.2, -0.15) is 0 Å². The average molecular weight is 227 g/mol. The lowest BCUT2D eigenvalue weighted by atomic mass is 10.0. The van der Waals surface area contributed by atoms with E-state index in [1.54, 1.807) is 0 Å². The van der Waals surface area contributed by atoms with Gasteiger partial charge in [0, 0.05) is 11.7 Å². The summed E-state index contributed by atoms with van der Waals surface area (Å²) >= 11 is 0. The number of nitrogens with one attached hydrogen (secondary N) is 1. The minimum Gasteiger partial charge on any atom is -0.309 e. The molecule has 1 fully saturated rings. The first-order valence-corrected chi connectivity index (χ1v) is 6.26. The van der Waals surface area contributed by atoms with Gasteiger partial charge < -0.3 is 9.88 Å². The van der Waals surface area contributed by atoms with Gasteiger partial charge in [-0.25, -0.2) is 4.98 Å². The predicted molar refractivity (Wildman–Crippen MR) is 68.2 cm³/mol. The summed E-state index contributed by atoms with van der Waals surface area (Å²) in [6.07, 6.45) is 7.68. The maximum atomic E-state index is 4.30. The molecule has 0 aliphatic carbocycles. The lowest BCUT2D eigenvalue weighted by Gasteiger charge is -2.24. The molecule has 1 aliphatic heterocycles. The number of piperidine rings is 1. The number of para-hydroxylation sites is 1. The predicted octanol–water partition coefficient (Wildman–Crippen LogP) is 2.69. The summed E-state index contributed by atoms with van der Waals surface area (Å²) < 4.78 is 2.18. The molecule has 1 atom stereocenters. The Bertz CT molecular complexity index is 469. The van der Waals surface area contributed by atoms with E-state index < -0.39 is 0 Å². The normalized spacial score (nSPS) is 20.4. The van der Waals surface area contributed by atoms with Crippen molar-refractivity contribution in [3.05, 3.63) is 48.5 Å². The van der Waals surface area contributed by atoms with Crippen LogP contribution in [0.1, 0.15) is 31.0 Å². The van der Waals surface area contributed by atoms with Gasteiger partial charge in [0.05, 0.1) is 18.2 Å². The monoisotopic (exact) mass is 227 g/mol. The average Bonchev–Trinajstić information content (AvgIpc) is 2.90. The third kappa shape index (κ3) is 2.11. The fraction of sp³-hybridized carbons (Fsp3) is 0.357. The van der Waals surface area contributed by atoms with E-state index in [2.05, 4.69) is 39.1 Å². The minimum absolute atomic E-state index is 0.450. The maximum absolute atomic E-state index is 4.30. The van der Waals surface area contributed by atoms with Crippen LogP contribution in [-0.4, -0.2) is 16.1 Å². The van der Waals surface area contributed by atoms with Crippen LogP contribution >= 0.6 is 0 Å². The van der Waals surface area contributed by atoms with Gasteiger partial charge in [0.2, 0.25) is 0 Å². The van der Waals surface area contributed by atoms with Gasteiger partial charge in [0.15, 0.2) is 0 Å². The molecule has 3 heteroatoms. The summed E-state index contributed by atoms with van der Waals surface area (Å²) in [5, 5.41) is 3.57. The summed E-state index contributed by atoms with van der Waals surface area (Å²) in [7, 11) is 0. The van der Waals surface area contributed by atoms with Crippen LogP contribution in [0.5, 0.6) is 0 Å². The number of imidazole rings is 1. The Morgan fingerprint density at radius 1 is 1.18 bits per heavy atom. The fourth-order valence-corrected chi connectivity index (χ4v) is 2.47. The van der Waals surface area contributed by atoms with Crippen molar-refractivity contribution < 1.29 is 0 Å². The molecule has 0 spiro atoms. The van der Waals surface area contributed by atoms with E-state index in [0.29, 0.717) is 6.04 Å². The molecule has 88 valence electrons. The molecule has 3 nitrogen and oxygen atoms in total. The Balaban J connectivity index is 1.93. The molecular weight excluding hydrogens is 210 g/mol. The van der Waals surface area contributed by atoms with Crippen LogP contribution in [0.2, 0.25) is 0 Å². The van der Waals surface area contributed by atoms with Crippen molar-refractivity contribution in [2.75, 3.05) is 6.54 Å². The van der Waals surface area contributed by atoms with Gasteiger partial charge in [-0.1, -0.05) is 24.6 Å². The van der Waals surface area contributed by atoms with E-state index in [1.165, 1.54) is 30.6 Å². The summed E-state index contributed by atoms with van der Waals surface area (Å²) in [6, 6.07) is 10.9. The molecule has 17 heavy (non-hydrogen) atoms. The van der Waals surface area contributed by atoms with Crippen LogP contribution in [0.4, 0.5) is 0 Å². The zero-order chi connectivity index (χ0) is 11.5. The van der Waals surface area contributed by atoms with Crippen molar-refractivity contribution in [1.29, 1.82) is 0 Å². The highest BCUT2D eigenvalue weighted by Gasteiger charge is 2.18. The standard InChI is InChI=1S/C14H17N3/c1-2-6-12(7-3-1)17-11-15-10-14(17)13-8-4-5-9-16-13/h1-3,6-7,10-11,13,16H,4-5,8-9H2. The van der Waals surface area contributed by atoms with E-state index in [0.717, 1.165) is 6.54 Å². The summed E-state index contributed by atoms with van der Waals surface area (Å²) in [6.45, 7) is 1.12. The van der Waals surface area contributed by atoms with Gasteiger partial charge in [0.25, 0.3) is 0 Å². The number of rotatable bonds is 2. The smallest absolute Gasteiger partial charge is 0.0994 e. The Kier molecular flexibility index (Phi) is 2.92.